The van der Waals surface area contributed by atoms with E-state index in [0.717, 1.165) is 21.9 Å². The van der Waals surface area contributed by atoms with Gasteiger partial charge in [0.05, 0.1) is 13.2 Å². The molecule has 4 heteroatoms. The summed E-state index contributed by atoms with van der Waals surface area (Å²) in [5.74, 6) is 0.967. The number of rotatable bonds is 4. The van der Waals surface area contributed by atoms with Crippen molar-refractivity contribution in [3.63, 3.8) is 0 Å². The van der Waals surface area contributed by atoms with Crippen molar-refractivity contribution in [2.45, 2.75) is 13.0 Å². The predicted octanol–water partition coefficient (Wildman–Crippen LogP) is 2.08. The molecule has 0 aliphatic heterocycles. The highest BCUT2D eigenvalue weighted by Gasteiger charge is 2.10. The van der Waals surface area contributed by atoms with Crippen LogP contribution in [-0.2, 0) is 0 Å². The van der Waals surface area contributed by atoms with Crippen LogP contribution in [0.2, 0.25) is 0 Å². The maximum Gasteiger partial charge on any atom is 0.123 e. The first kappa shape index (κ1) is 13.9. The van der Waals surface area contributed by atoms with Crippen molar-refractivity contribution in [2.75, 3.05) is 7.11 Å². The van der Waals surface area contributed by atoms with Gasteiger partial charge in [0.15, 0.2) is 0 Å². The van der Waals surface area contributed by atoms with Gasteiger partial charge in [-0.05, 0) is 36.0 Å². The number of hydrogen-bond donors (Lipinski definition) is 2. The first-order valence-corrected chi connectivity index (χ1v) is 7.03. The van der Waals surface area contributed by atoms with Gasteiger partial charge < -0.3 is 14.9 Å². The topological polar surface area (TPSA) is 49.7 Å². The summed E-state index contributed by atoms with van der Waals surface area (Å²) in [6.07, 6.45) is -0.517. The highest BCUT2D eigenvalue weighted by Crippen LogP contribution is 2.25. The van der Waals surface area contributed by atoms with Crippen molar-refractivity contribution in [3.05, 3.63) is 48.0 Å². The standard InChI is InChI=1S/C15H17O3P/c1-10(16)12-5-3-4-6-14(12)19-15-9-11(18-2)7-8-13(15)17/h3-10,16-17,19H,1-2H3. The second-order valence-corrected chi connectivity index (χ2v) is 5.60. The van der Waals surface area contributed by atoms with Crippen molar-refractivity contribution >= 4 is 19.2 Å². The van der Waals surface area contributed by atoms with E-state index in [-0.39, 0.29) is 14.3 Å². The number of phenols is 1. The quantitative estimate of drug-likeness (QED) is 0.841. The highest BCUT2D eigenvalue weighted by molar-refractivity contribution is 7.55. The van der Waals surface area contributed by atoms with Crippen LogP contribution in [0.25, 0.3) is 0 Å². The van der Waals surface area contributed by atoms with Gasteiger partial charge >= 0.3 is 0 Å². The number of aliphatic hydroxyl groups is 1. The normalized spacial score (nSPS) is 12.8. The third-order valence-corrected chi connectivity index (χ3v) is 4.28. The molecule has 0 radical (unpaired) electrons. The lowest BCUT2D eigenvalue weighted by Crippen LogP contribution is -2.11. The van der Waals surface area contributed by atoms with Crippen LogP contribution in [0, 0.1) is 0 Å². The fourth-order valence-electron chi connectivity index (χ4n) is 1.86. The second kappa shape index (κ2) is 6.05. The van der Waals surface area contributed by atoms with Crippen LogP contribution in [0.5, 0.6) is 11.5 Å². The summed E-state index contributed by atoms with van der Waals surface area (Å²) < 4.78 is 5.17. The maximum absolute atomic E-state index is 9.91. The van der Waals surface area contributed by atoms with Crippen molar-refractivity contribution in [1.82, 2.24) is 0 Å². The van der Waals surface area contributed by atoms with Crippen LogP contribution in [0.4, 0.5) is 0 Å². The second-order valence-electron chi connectivity index (χ2n) is 4.27. The van der Waals surface area contributed by atoms with Crippen molar-refractivity contribution < 1.29 is 14.9 Å². The molecule has 0 bridgehead atoms. The number of ether oxygens (including phenoxy) is 1. The van der Waals surface area contributed by atoms with Crippen molar-refractivity contribution in [2.24, 2.45) is 0 Å². The van der Waals surface area contributed by atoms with Crippen LogP contribution in [0.1, 0.15) is 18.6 Å². The van der Waals surface area contributed by atoms with E-state index in [4.69, 9.17) is 4.74 Å². The molecule has 0 saturated carbocycles. The van der Waals surface area contributed by atoms with Gasteiger partial charge in [-0.1, -0.05) is 32.8 Å². The smallest absolute Gasteiger partial charge is 0.123 e. The zero-order valence-electron chi connectivity index (χ0n) is 10.9. The summed E-state index contributed by atoms with van der Waals surface area (Å²) >= 11 is 0. The summed E-state index contributed by atoms with van der Waals surface area (Å²) in [5.41, 5.74) is 0.892. The first-order valence-electron chi connectivity index (χ1n) is 6.03. The molecular weight excluding hydrogens is 259 g/mol. The van der Waals surface area contributed by atoms with Gasteiger partial charge in [-0.2, -0.15) is 0 Å². The molecule has 2 unspecified atom stereocenters. The number of aliphatic hydroxyl groups excluding tert-OH is 1. The summed E-state index contributed by atoms with van der Waals surface area (Å²) in [7, 11) is 1.88. The van der Waals surface area contributed by atoms with E-state index in [1.54, 1.807) is 26.2 Å². The molecule has 2 rings (SSSR count). The van der Waals surface area contributed by atoms with Crippen LogP contribution in [0.3, 0.4) is 0 Å². The van der Waals surface area contributed by atoms with Crippen molar-refractivity contribution in [3.8, 4) is 11.5 Å². The Morgan fingerprint density at radius 3 is 2.53 bits per heavy atom. The van der Waals surface area contributed by atoms with Crippen LogP contribution in [0.15, 0.2) is 42.5 Å². The lowest BCUT2D eigenvalue weighted by molar-refractivity contribution is 0.200. The first-order chi connectivity index (χ1) is 9.11. The minimum atomic E-state index is -0.517. The van der Waals surface area contributed by atoms with Gasteiger partial charge in [0, 0.05) is 5.30 Å². The Balaban J connectivity index is 2.36. The Kier molecular flexibility index (Phi) is 4.41. The molecule has 2 atom stereocenters. The van der Waals surface area contributed by atoms with Crippen molar-refractivity contribution in [1.29, 1.82) is 0 Å². The number of phenolic OH excluding ortho intramolecular Hbond substituents is 1. The summed E-state index contributed by atoms with van der Waals surface area (Å²) in [5, 5.41) is 21.5. The van der Waals surface area contributed by atoms with E-state index in [1.165, 1.54) is 0 Å². The maximum atomic E-state index is 9.91. The number of aromatic hydroxyl groups is 1. The minimum absolute atomic E-state index is 0.250. The lowest BCUT2D eigenvalue weighted by atomic mass is 10.1. The van der Waals surface area contributed by atoms with E-state index in [1.807, 2.05) is 30.3 Å². The predicted molar refractivity (Wildman–Crippen MR) is 79.3 cm³/mol. The Bertz CT molecular complexity index is 567. The molecule has 0 heterocycles. The van der Waals surface area contributed by atoms with E-state index < -0.39 is 6.10 Å². The zero-order chi connectivity index (χ0) is 13.8. The average Bonchev–Trinajstić information content (AvgIpc) is 2.41. The van der Waals surface area contributed by atoms with Gasteiger partial charge in [-0.25, -0.2) is 0 Å². The largest absolute Gasteiger partial charge is 0.507 e. The molecule has 3 nitrogen and oxygen atoms in total. The Labute approximate surface area is 114 Å². The molecule has 0 fully saturated rings. The molecule has 0 saturated heterocycles. The number of methoxy groups -OCH3 is 1. The zero-order valence-corrected chi connectivity index (χ0v) is 11.9. The van der Waals surface area contributed by atoms with E-state index >= 15 is 0 Å². The fraction of sp³-hybridized carbons (Fsp3) is 0.200. The fourth-order valence-corrected chi connectivity index (χ4v) is 3.19. The molecular formula is C15H17O3P. The molecule has 2 aromatic rings. The van der Waals surface area contributed by atoms with Gasteiger partial charge in [0.25, 0.3) is 0 Å². The molecule has 0 aliphatic rings. The lowest BCUT2D eigenvalue weighted by Gasteiger charge is -2.13. The Morgan fingerprint density at radius 2 is 1.84 bits per heavy atom. The van der Waals surface area contributed by atoms with Gasteiger partial charge in [-0.3, -0.25) is 0 Å². The third-order valence-electron chi connectivity index (χ3n) is 2.88. The number of hydrogen-bond acceptors (Lipinski definition) is 3. The average molecular weight is 276 g/mol. The SMILES string of the molecule is COc1ccc(O)c(Pc2ccccc2C(C)O)c1. The Hall–Kier alpha value is -1.57. The molecule has 0 spiro atoms. The molecule has 2 aromatic carbocycles. The highest BCUT2D eigenvalue weighted by atomic mass is 31.1. The number of benzene rings is 2. The summed E-state index contributed by atoms with van der Waals surface area (Å²) in [4.78, 5) is 0. The molecule has 100 valence electrons. The Morgan fingerprint density at radius 1 is 1.11 bits per heavy atom. The third kappa shape index (κ3) is 3.25. The summed E-state index contributed by atoms with van der Waals surface area (Å²) in [6.45, 7) is 1.74. The molecule has 19 heavy (non-hydrogen) atoms. The van der Waals surface area contributed by atoms with Crippen LogP contribution in [-0.4, -0.2) is 17.3 Å². The van der Waals surface area contributed by atoms with Gasteiger partial charge in [0.1, 0.15) is 11.5 Å². The monoisotopic (exact) mass is 276 g/mol. The van der Waals surface area contributed by atoms with Crippen LogP contribution >= 0.6 is 8.58 Å². The van der Waals surface area contributed by atoms with Crippen LogP contribution < -0.4 is 15.3 Å². The van der Waals surface area contributed by atoms with E-state index in [2.05, 4.69) is 0 Å². The summed E-state index contributed by atoms with van der Waals surface area (Å²) in [6, 6.07) is 12.9. The van der Waals surface area contributed by atoms with Gasteiger partial charge in [0.2, 0.25) is 0 Å². The molecule has 0 aliphatic carbocycles. The minimum Gasteiger partial charge on any atom is -0.507 e. The molecule has 0 aromatic heterocycles. The molecule has 2 N–H and O–H groups in total. The van der Waals surface area contributed by atoms with E-state index in [9.17, 15) is 10.2 Å². The van der Waals surface area contributed by atoms with E-state index in [0.29, 0.717) is 0 Å². The molecule has 0 amide bonds. The van der Waals surface area contributed by atoms with Gasteiger partial charge in [-0.15, -0.1) is 0 Å².